The monoisotopic (exact) mass is 340 g/mol. The molecule has 1 aliphatic heterocycles. The zero-order valence-corrected chi connectivity index (χ0v) is 14.5. The molecule has 0 spiro atoms. The molecule has 0 bridgehead atoms. The number of hydrogen-bond acceptors (Lipinski definition) is 4. The van der Waals surface area contributed by atoms with Gasteiger partial charge in [0.15, 0.2) is 0 Å². The number of carbonyl (C=O) groups is 1. The van der Waals surface area contributed by atoms with Crippen LogP contribution in [0.2, 0.25) is 0 Å². The van der Waals surface area contributed by atoms with E-state index in [2.05, 4.69) is 10.6 Å². The van der Waals surface area contributed by atoms with Gasteiger partial charge in [0.1, 0.15) is 12.4 Å². The van der Waals surface area contributed by atoms with Crippen LogP contribution < -0.4 is 15.4 Å². The molecule has 2 N–H and O–H groups in total. The molecule has 132 valence electrons. The SMILES string of the molecule is COc1ccc(NC(=O)OCc2ccccc2)cc1C1CCNCC1. The van der Waals surface area contributed by atoms with Crippen molar-refractivity contribution in [3.05, 3.63) is 59.7 Å². The highest BCUT2D eigenvalue weighted by atomic mass is 16.5. The minimum Gasteiger partial charge on any atom is -0.496 e. The molecule has 1 aliphatic rings. The second-order valence-corrected chi connectivity index (χ2v) is 6.17. The molecule has 0 saturated carbocycles. The predicted octanol–water partition coefficient (Wildman–Crippen LogP) is 3.91. The lowest BCUT2D eigenvalue weighted by Crippen LogP contribution is -2.27. The van der Waals surface area contributed by atoms with Crippen LogP contribution in [0.3, 0.4) is 0 Å². The Bertz CT molecular complexity index is 697. The maximum absolute atomic E-state index is 12.1. The second-order valence-electron chi connectivity index (χ2n) is 6.17. The molecule has 2 aromatic rings. The van der Waals surface area contributed by atoms with Crippen LogP contribution in [-0.2, 0) is 11.3 Å². The third-order valence-corrected chi connectivity index (χ3v) is 4.47. The molecule has 1 fully saturated rings. The Hall–Kier alpha value is -2.53. The average molecular weight is 340 g/mol. The van der Waals surface area contributed by atoms with Crippen LogP contribution in [0.5, 0.6) is 5.75 Å². The van der Waals surface area contributed by atoms with Gasteiger partial charge >= 0.3 is 6.09 Å². The van der Waals surface area contributed by atoms with Crippen molar-refractivity contribution < 1.29 is 14.3 Å². The van der Waals surface area contributed by atoms with Crippen LogP contribution in [0.1, 0.15) is 29.9 Å². The van der Waals surface area contributed by atoms with Crippen molar-refractivity contribution in [2.24, 2.45) is 0 Å². The van der Waals surface area contributed by atoms with Gasteiger partial charge in [-0.3, -0.25) is 5.32 Å². The molecule has 5 nitrogen and oxygen atoms in total. The summed E-state index contributed by atoms with van der Waals surface area (Å²) in [7, 11) is 1.68. The predicted molar refractivity (Wildman–Crippen MR) is 98.1 cm³/mol. The zero-order chi connectivity index (χ0) is 17.5. The molecule has 0 aliphatic carbocycles. The highest BCUT2D eigenvalue weighted by Gasteiger charge is 2.19. The Labute approximate surface area is 148 Å². The minimum absolute atomic E-state index is 0.254. The lowest BCUT2D eigenvalue weighted by molar-refractivity contribution is 0.155. The van der Waals surface area contributed by atoms with E-state index in [1.165, 1.54) is 0 Å². The maximum atomic E-state index is 12.1. The van der Waals surface area contributed by atoms with Crippen LogP contribution in [0.4, 0.5) is 10.5 Å². The highest BCUT2D eigenvalue weighted by Crippen LogP contribution is 2.34. The highest BCUT2D eigenvalue weighted by molar-refractivity contribution is 5.85. The fraction of sp³-hybridized carbons (Fsp3) is 0.350. The van der Waals surface area contributed by atoms with E-state index in [4.69, 9.17) is 9.47 Å². The van der Waals surface area contributed by atoms with Crippen molar-refractivity contribution in [2.45, 2.75) is 25.4 Å². The summed E-state index contributed by atoms with van der Waals surface area (Å²) >= 11 is 0. The van der Waals surface area contributed by atoms with Gasteiger partial charge in [0, 0.05) is 5.69 Å². The van der Waals surface area contributed by atoms with E-state index >= 15 is 0 Å². The normalized spacial score (nSPS) is 14.8. The molecule has 0 radical (unpaired) electrons. The third-order valence-electron chi connectivity index (χ3n) is 4.47. The number of anilines is 1. The Balaban J connectivity index is 1.64. The van der Waals surface area contributed by atoms with Crippen LogP contribution in [0, 0.1) is 0 Å². The lowest BCUT2D eigenvalue weighted by atomic mass is 9.89. The molecule has 3 rings (SSSR count). The van der Waals surface area contributed by atoms with Crippen molar-refractivity contribution >= 4 is 11.8 Å². The van der Waals surface area contributed by atoms with Crippen LogP contribution in [0.25, 0.3) is 0 Å². The van der Waals surface area contributed by atoms with E-state index in [1.807, 2.05) is 48.5 Å². The molecule has 0 unspecified atom stereocenters. The molecule has 25 heavy (non-hydrogen) atoms. The van der Waals surface area contributed by atoms with Gasteiger partial charge in [-0.25, -0.2) is 4.79 Å². The van der Waals surface area contributed by atoms with Gasteiger partial charge in [0.25, 0.3) is 0 Å². The number of rotatable bonds is 5. The number of piperidine rings is 1. The summed E-state index contributed by atoms with van der Waals surface area (Å²) in [5.41, 5.74) is 2.83. The van der Waals surface area contributed by atoms with Gasteiger partial charge in [0.2, 0.25) is 0 Å². The Morgan fingerprint density at radius 2 is 1.92 bits per heavy atom. The molecule has 1 amide bonds. The standard InChI is InChI=1S/C20H24N2O3/c1-24-19-8-7-17(13-18(19)16-9-11-21-12-10-16)22-20(23)25-14-15-5-3-2-4-6-15/h2-8,13,16,21H,9-12,14H2,1H3,(H,22,23). The first-order valence-electron chi connectivity index (χ1n) is 8.62. The third kappa shape index (κ3) is 4.73. The topological polar surface area (TPSA) is 59.6 Å². The van der Waals surface area contributed by atoms with Gasteiger partial charge in [-0.05, 0) is 61.2 Å². The van der Waals surface area contributed by atoms with Gasteiger partial charge < -0.3 is 14.8 Å². The van der Waals surface area contributed by atoms with Crippen LogP contribution >= 0.6 is 0 Å². The second kappa shape index (κ2) is 8.53. The van der Waals surface area contributed by atoms with E-state index in [1.54, 1.807) is 7.11 Å². The molecule has 5 heteroatoms. The number of ether oxygens (including phenoxy) is 2. The summed E-state index contributed by atoms with van der Waals surface area (Å²) in [6.45, 7) is 2.26. The van der Waals surface area contributed by atoms with Gasteiger partial charge in [-0.15, -0.1) is 0 Å². The summed E-state index contributed by atoms with van der Waals surface area (Å²) in [5.74, 6) is 1.31. The van der Waals surface area contributed by atoms with Gasteiger partial charge in [-0.2, -0.15) is 0 Å². The number of benzene rings is 2. The van der Waals surface area contributed by atoms with Crippen molar-refractivity contribution in [1.29, 1.82) is 0 Å². The number of methoxy groups -OCH3 is 1. The van der Waals surface area contributed by atoms with E-state index in [9.17, 15) is 4.79 Å². The van der Waals surface area contributed by atoms with E-state index < -0.39 is 6.09 Å². The molecular weight excluding hydrogens is 316 g/mol. The van der Waals surface area contributed by atoms with E-state index in [0.717, 1.165) is 48.5 Å². The molecule has 0 atom stereocenters. The average Bonchev–Trinajstić information content (AvgIpc) is 2.68. The first-order chi connectivity index (χ1) is 12.3. The van der Waals surface area contributed by atoms with Crippen LogP contribution in [0.15, 0.2) is 48.5 Å². The number of hydrogen-bond donors (Lipinski definition) is 2. The molecule has 1 saturated heterocycles. The summed E-state index contributed by atoms with van der Waals surface area (Å²) in [6, 6.07) is 15.4. The summed E-state index contributed by atoms with van der Waals surface area (Å²) in [4.78, 5) is 12.1. The first-order valence-corrected chi connectivity index (χ1v) is 8.62. The number of amides is 1. The summed E-state index contributed by atoms with van der Waals surface area (Å²) in [6.07, 6.45) is 1.68. The van der Waals surface area contributed by atoms with Gasteiger partial charge in [0.05, 0.1) is 7.11 Å². The van der Waals surface area contributed by atoms with E-state index in [-0.39, 0.29) is 6.61 Å². The Kier molecular flexibility index (Phi) is 5.90. The Morgan fingerprint density at radius 3 is 2.64 bits per heavy atom. The molecular formula is C20H24N2O3. The zero-order valence-electron chi connectivity index (χ0n) is 14.5. The number of nitrogens with one attached hydrogen (secondary N) is 2. The van der Waals surface area contributed by atoms with Crippen molar-refractivity contribution in [3.63, 3.8) is 0 Å². The fourth-order valence-corrected chi connectivity index (χ4v) is 3.14. The summed E-state index contributed by atoms with van der Waals surface area (Å²) in [5, 5.41) is 6.18. The number of carbonyl (C=O) groups excluding carboxylic acids is 1. The van der Waals surface area contributed by atoms with Crippen molar-refractivity contribution in [2.75, 3.05) is 25.5 Å². The van der Waals surface area contributed by atoms with E-state index in [0.29, 0.717) is 5.92 Å². The molecule has 0 aromatic heterocycles. The molecule has 1 heterocycles. The lowest BCUT2D eigenvalue weighted by Gasteiger charge is -2.25. The van der Waals surface area contributed by atoms with Crippen molar-refractivity contribution in [3.8, 4) is 5.75 Å². The van der Waals surface area contributed by atoms with Crippen LogP contribution in [-0.4, -0.2) is 26.3 Å². The smallest absolute Gasteiger partial charge is 0.411 e. The minimum atomic E-state index is -0.453. The van der Waals surface area contributed by atoms with Crippen molar-refractivity contribution in [1.82, 2.24) is 5.32 Å². The quantitative estimate of drug-likeness (QED) is 0.866. The first kappa shape index (κ1) is 17.3. The maximum Gasteiger partial charge on any atom is 0.411 e. The summed E-state index contributed by atoms with van der Waals surface area (Å²) < 4.78 is 10.8. The fourth-order valence-electron chi connectivity index (χ4n) is 3.14. The van der Waals surface area contributed by atoms with Gasteiger partial charge in [-0.1, -0.05) is 30.3 Å². The Morgan fingerprint density at radius 1 is 1.16 bits per heavy atom. The largest absolute Gasteiger partial charge is 0.496 e. The molecule has 2 aromatic carbocycles.